The van der Waals surface area contributed by atoms with Gasteiger partial charge in [-0.15, -0.1) is 0 Å². The van der Waals surface area contributed by atoms with Gasteiger partial charge in [-0.2, -0.15) is 5.10 Å². The molecule has 0 aromatic heterocycles. The van der Waals surface area contributed by atoms with Gasteiger partial charge in [0.1, 0.15) is 5.71 Å². The Morgan fingerprint density at radius 3 is 2.56 bits per heavy atom. The maximum Gasteiger partial charge on any atom is 0.271 e. The number of amides is 2. The summed E-state index contributed by atoms with van der Waals surface area (Å²) in [5.41, 5.74) is 3.20. The molecule has 4 rings (SSSR count). The summed E-state index contributed by atoms with van der Waals surface area (Å²) in [6.45, 7) is 9.35. The summed E-state index contributed by atoms with van der Waals surface area (Å²) in [6, 6.07) is 5.40. The van der Waals surface area contributed by atoms with Crippen LogP contribution in [0, 0.1) is 6.92 Å². The van der Waals surface area contributed by atoms with Crippen LogP contribution in [0.15, 0.2) is 23.3 Å². The van der Waals surface area contributed by atoms with E-state index < -0.39 is 15.9 Å². The van der Waals surface area contributed by atoms with Crippen molar-refractivity contribution in [1.29, 1.82) is 0 Å². The van der Waals surface area contributed by atoms with Crippen LogP contribution in [0.5, 0.6) is 0 Å². The fourth-order valence-corrected chi connectivity index (χ4v) is 6.28. The van der Waals surface area contributed by atoms with E-state index in [-0.39, 0.29) is 41.9 Å². The molecule has 3 heterocycles. The van der Waals surface area contributed by atoms with Crippen molar-refractivity contribution in [2.45, 2.75) is 39.2 Å². The summed E-state index contributed by atoms with van der Waals surface area (Å²) >= 11 is 0. The topological polar surface area (TPSA) is 102 Å². The Balaban J connectivity index is 1.42. The number of anilines is 2. The molecule has 2 fully saturated rings. The van der Waals surface area contributed by atoms with Crippen LogP contribution in [0.4, 0.5) is 11.4 Å². The molecule has 1 atom stereocenters. The first-order chi connectivity index (χ1) is 15.3. The summed E-state index contributed by atoms with van der Waals surface area (Å²) in [5.74, 6) is -0.624. The van der Waals surface area contributed by atoms with Gasteiger partial charge in [0.05, 0.1) is 17.5 Å². The number of piperazine rings is 1. The second-order valence-corrected chi connectivity index (χ2v) is 10.9. The van der Waals surface area contributed by atoms with Crippen LogP contribution in [-0.2, 0) is 19.4 Å². The van der Waals surface area contributed by atoms with E-state index in [4.69, 9.17) is 0 Å². The summed E-state index contributed by atoms with van der Waals surface area (Å²) in [5, 5.41) is 8.35. The van der Waals surface area contributed by atoms with E-state index in [9.17, 15) is 18.0 Å². The summed E-state index contributed by atoms with van der Waals surface area (Å²) in [6.07, 6.45) is 0.767. The molecular weight excluding hydrogens is 430 g/mol. The number of sulfone groups is 1. The molecule has 0 aliphatic carbocycles. The maximum absolute atomic E-state index is 12.8. The van der Waals surface area contributed by atoms with Gasteiger partial charge in [0, 0.05) is 50.4 Å². The average Bonchev–Trinajstić information content (AvgIpc) is 3.13. The minimum Gasteiger partial charge on any atom is -0.369 e. The van der Waals surface area contributed by atoms with Crippen LogP contribution in [0.3, 0.4) is 0 Å². The highest BCUT2D eigenvalue weighted by Crippen LogP contribution is 2.26. The van der Waals surface area contributed by atoms with Crippen LogP contribution < -0.4 is 10.2 Å². The normalized spacial score (nSPS) is 23.9. The van der Waals surface area contributed by atoms with Crippen LogP contribution in [0.25, 0.3) is 0 Å². The quantitative estimate of drug-likeness (QED) is 0.708. The van der Waals surface area contributed by atoms with Gasteiger partial charge in [0.25, 0.3) is 5.91 Å². The molecular formula is C22H31N5O4S. The molecule has 1 N–H and O–H groups in total. The first-order valence-corrected chi connectivity index (χ1v) is 13.1. The number of hydrogen-bond donors (Lipinski definition) is 1. The Morgan fingerprint density at radius 2 is 1.94 bits per heavy atom. The molecule has 3 aliphatic rings. The number of aryl methyl sites for hydroxylation is 1. The lowest BCUT2D eigenvalue weighted by atomic mass is 10.1. The second kappa shape index (κ2) is 9.19. The molecule has 32 heavy (non-hydrogen) atoms. The standard InChI is InChI=1S/C22H31N5O4S/c1-3-25-9-11-26(12-10-25)20-6-4-17(14-16(20)2)23-22(29)19-5-7-21(28)27(24-19)18-8-13-32(30,31)15-18/h4,6,14,18H,3,5,7-13,15H2,1-2H3,(H,23,29)/t18-/m1/s1. The van der Waals surface area contributed by atoms with Gasteiger partial charge < -0.3 is 15.1 Å². The highest BCUT2D eigenvalue weighted by atomic mass is 32.2. The molecule has 2 saturated heterocycles. The number of nitrogens with one attached hydrogen (secondary N) is 1. The van der Waals surface area contributed by atoms with Crippen molar-refractivity contribution in [1.82, 2.24) is 9.91 Å². The van der Waals surface area contributed by atoms with Gasteiger partial charge >= 0.3 is 0 Å². The molecule has 1 aromatic carbocycles. The number of likely N-dealkylation sites (N-methyl/N-ethyl adjacent to an activating group) is 1. The highest BCUT2D eigenvalue weighted by Gasteiger charge is 2.37. The smallest absolute Gasteiger partial charge is 0.271 e. The van der Waals surface area contributed by atoms with Gasteiger partial charge in [-0.25, -0.2) is 13.4 Å². The van der Waals surface area contributed by atoms with Crippen LogP contribution >= 0.6 is 0 Å². The van der Waals surface area contributed by atoms with Gasteiger partial charge in [0.2, 0.25) is 5.91 Å². The predicted octanol–water partition coefficient (Wildman–Crippen LogP) is 1.24. The Kier molecular flexibility index (Phi) is 6.52. The number of rotatable bonds is 5. The number of nitrogens with zero attached hydrogens (tertiary/aromatic N) is 4. The fourth-order valence-electron chi connectivity index (χ4n) is 4.58. The largest absolute Gasteiger partial charge is 0.369 e. The number of carbonyl (C=O) groups excluding carboxylic acids is 2. The molecule has 0 saturated carbocycles. The lowest BCUT2D eigenvalue weighted by Crippen LogP contribution is -2.46. The van der Waals surface area contributed by atoms with E-state index >= 15 is 0 Å². The zero-order chi connectivity index (χ0) is 22.9. The third-order valence-corrected chi connectivity index (χ3v) is 8.24. The van der Waals surface area contributed by atoms with E-state index in [1.165, 1.54) is 10.7 Å². The van der Waals surface area contributed by atoms with E-state index in [1.54, 1.807) is 0 Å². The van der Waals surface area contributed by atoms with E-state index in [0.29, 0.717) is 12.1 Å². The molecule has 2 amide bonds. The Bertz CT molecular complexity index is 1030. The maximum atomic E-state index is 12.8. The first kappa shape index (κ1) is 22.7. The SMILES string of the molecule is CCN1CCN(c2ccc(NC(=O)C3=NN([C@@H]4CCS(=O)(=O)C4)C(=O)CC3)cc2C)CC1. The zero-order valence-electron chi connectivity index (χ0n) is 18.7. The average molecular weight is 462 g/mol. The predicted molar refractivity (Wildman–Crippen MR) is 125 cm³/mol. The van der Waals surface area contributed by atoms with Crippen molar-refractivity contribution >= 4 is 38.7 Å². The van der Waals surface area contributed by atoms with Crippen LogP contribution in [0.1, 0.15) is 31.7 Å². The molecule has 9 nitrogen and oxygen atoms in total. The number of hydrazone groups is 1. The summed E-state index contributed by atoms with van der Waals surface area (Å²) in [7, 11) is -3.15. The van der Waals surface area contributed by atoms with Crippen molar-refractivity contribution in [2.75, 3.05) is 54.4 Å². The lowest BCUT2D eigenvalue weighted by molar-refractivity contribution is -0.133. The van der Waals surface area contributed by atoms with Crippen molar-refractivity contribution in [2.24, 2.45) is 5.10 Å². The Morgan fingerprint density at radius 1 is 1.19 bits per heavy atom. The second-order valence-electron chi connectivity index (χ2n) is 8.72. The van der Waals surface area contributed by atoms with Gasteiger partial charge in [-0.05, 0) is 43.7 Å². The Labute approximate surface area is 189 Å². The van der Waals surface area contributed by atoms with Gasteiger partial charge in [0.15, 0.2) is 9.84 Å². The highest BCUT2D eigenvalue weighted by molar-refractivity contribution is 7.91. The van der Waals surface area contributed by atoms with Crippen LogP contribution in [-0.4, -0.2) is 86.1 Å². The van der Waals surface area contributed by atoms with Gasteiger partial charge in [-0.1, -0.05) is 6.92 Å². The molecule has 10 heteroatoms. The zero-order valence-corrected chi connectivity index (χ0v) is 19.5. The fraction of sp³-hybridized carbons (Fsp3) is 0.591. The minimum atomic E-state index is -3.15. The molecule has 1 aromatic rings. The molecule has 0 bridgehead atoms. The lowest BCUT2D eigenvalue weighted by Gasteiger charge is -2.36. The molecule has 3 aliphatic heterocycles. The van der Waals surface area contributed by atoms with Crippen molar-refractivity contribution in [3.8, 4) is 0 Å². The van der Waals surface area contributed by atoms with Gasteiger partial charge in [-0.3, -0.25) is 9.59 Å². The van der Waals surface area contributed by atoms with Crippen LogP contribution in [0.2, 0.25) is 0 Å². The van der Waals surface area contributed by atoms with Crippen molar-refractivity contribution < 1.29 is 18.0 Å². The van der Waals surface area contributed by atoms with E-state index in [1.807, 2.05) is 25.1 Å². The third-order valence-electron chi connectivity index (χ3n) is 6.49. The minimum absolute atomic E-state index is 0.0532. The molecule has 0 radical (unpaired) electrons. The third kappa shape index (κ3) is 4.96. The van der Waals surface area contributed by atoms with Crippen molar-refractivity contribution in [3.05, 3.63) is 23.8 Å². The molecule has 0 unspecified atom stereocenters. The molecule has 174 valence electrons. The molecule has 0 spiro atoms. The number of benzene rings is 1. The summed E-state index contributed by atoms with van der Waals surface area (Å²) < 4.78 is 23.6. The Hall–Kier alpha value is -2.46. The number of hydrogen-bond acceptors (Lipinski definition) is 7. The summed E-state index contributed by atoms with van der Waals surface area (Å²) in [4.78, 5) is 29.9. The van der Waals surface area contributed by atoms with E-state index in [2.05, 4.69) is 27.1 Å². The van der Waals surface area contributed by atoms with Crippen molar-refractivity contribution in [3.63, 3.8) is 0 Å². The number of carbonyl (C=O) groups is 2. The van der Waals surface area contributed by atoms with E-state index in [0.717, 1.165) is 38.3 Å². The first-order valence-electron chi connectivity index (χ1n) is 11.2. The monoisotopic (exact) mass is 461 g/mol.